The van der Waals surface area contributed by atoms with Crippen molar-refractivity contribution in [2.75, 3.05) is 13.1 Å². The fourth-order valence-electron chi connectivity index (χ4n) is 0.793. The number of carbonyl (C=O) groups is 1. The minimum atomic E-state index is 0.00866. The van der Waals surface area contributed by atoms with Crippen LogP contribution in [-0.4, -0.2) is 19.0 Å². The Bertz CT molecular complexity index is 166. The van der Waals surface area contributed by atoms with Crippen LogP contribution in [0.2, 0.25) is 0 Å². The van der Waals surface area contributed by atoms with E-state index in [1.807, 2.05) is 13.8 Å². The van der Waals surface area contributed by atoms with Crippen LogP contribution in [-0.2, 0) is 4.79 Å². The Kier molecular flexibility index (Phi) is 5.37. The van der Waals surface area contributed by atoms with E-state index in [4.69, 9.17) is 5.73 Å². The fraction of sp³-hybridized carbons (Fsp3) is 0.667. The number of hydrogen-bond donors (Lipinski definition) is 2. The molecule has 3 nitrogen and oxygen atoms in total. The van der Waals surface area contributed by atoms with Crippen LogP contribution < -0.4 is 11.1 Å². The maximum atomic E-state index is 11.2. The van der Waals surface area contributed by atoms with Crippen molar-refractivity contribution in [1.82, 2.24) is 5.32 Å². The molecule has 12 heavy (non-hydrogen) atoms. The molecule has 3 N–H and O–H groups in total. The van der Waals surface area contributed by atoms with Gasteiger partial charge >= 0.3 is 0 Å². The molecule has 0 aliphatic carbocycles. The van der Waals surface area contributed by atoms with Gasteiger partial charge in [-0.3, -0.25) is 4.79 Å². The second-order valence-corrected chi connectivity index (χ2v) is 3.15. The zero-order valence-corrected chi connectivity index (χ0v) is 7.89. The van der Waals surface area contributed by atoms with E-state index in [0.717, 1.165) is 12.0 Å². The van der Waals surface area contributed by atoms with Crippen LogP contribution in [0.3, 0.4) is 0 Å². The van der Waals surface area contributed by atoms with Crippen molar-refractivity contribution in [1.29, 1.82) is 0 Å². The topological polar surface area (TPSA) is 55.1 Å². The van der Waals surface area contributed by atoms with Gasteiger partial charge in [-0.25, -0.2) is 0 Å². The molecule has 0 saturated heterocycles. The summed E-state index contributed by atoms with van der Waals surface area (Å²) in [5.41, 5.74) is 6.29. The van der Waals surface area contributed by atoms with Crippen molar-refractivity contribution in [2.45, 2.75) is 20.3 Å². The van der Waals surface area contributed by atoms with Gasteiger partial charge < -0.3 is 11.1 Å². The molecule has 1 atom stereocenters. The van der Waals surface area contributed by atoms with Crippen LogP contribution in [0, 0.1) is 5.92 Å². The maximum Gasteiger partial charge on any atom is 0.223 e. The van der Waals surface area contributed by atoms with Gasteiger partial charge in [0.2, 0.25) is 5.91 Å². The summed E-state index contributed by atoms with van der Waals surface area (Å²) >= 11 is 0. The molecule has 0 aromatic rings. The summed E-state index contributed by atoms with van der Waals surface area (Å²) in [5.74, 6) is 0.0674. The summed E-state index contributed by atoms with van der Waals surface area (Å²) in [6.45, 7) is 8.57. The summed E-state index contributed by atoms with van der Waals surface area (Å²) in [5, 5.41) is 2.77. The Labute approximate surface area is 74.0 Å². The third-order valence-electron chi connectivity index (χ3n) is 1.61. The Morgan fingerprint density at radius 3 is 2.67 bits per heavy atom. The first-order valence-electron chi connectivity index (χ1n) is 4.20. The van der Waals surface area contributed by atoms with Crippen molar-refractivity contribution in [3.05, 3.63) is 12.2 Å². The monoisotopic (exact) mass is 170 g/mol. The van der Waals surface area contributed by atoms with Gasteiger partial charge in [0.15, 0.2) is 0 Å². The molecule has 0 aromatic heterocycles. The van der Waals surface area contributed by atoms with Crippen molar-refractivity contribution < 1.29 is 4.79 Å². The van der Waals surface area contributed by atoms with E-state index >= 15 is 0 Å². The first-order chi connectivity index (χ1) is 5.57. The van der Waals surface area contributed by atoms with Crippen molar-refractivity contribution >= 4 is 5.91 Å². The molecule has 0 aromatic carbocycles. The molecular formula is C9H18N2O. The van der Waals surface area contributed by atoms with Gasteiger partial charge in [0.25, 0.3) is 0 Å². The molecule has 0 fully saturated rings. The Balaban J connectivity index is 3.64. The SMILES string of the molecule is C=C(C)CNC(=O)C(C)CCN. The average molecular weight is 170 g/mol. The van der Waals surface area contributed by atoms with Gasteiger partial charge in [-0.15, -0.1) is 0 Å². The highest BCUT2D eigenvalue weighted by molar-refractivity contribution is 5.78. The highest BCUT2D eigenvalue weighted by Gasteiger charge is 2.10. The lowest BCUT2D eigenvalue weighted by Gasteiger charge is -2.10. The highest BCUT2D eigenvalue weighted by Crippen LogP contribution is 1.99. The van der Waals surface area contributed by atoms with Crippen LogP contribution in [0.1, 0.15) is 20.3 Å². The van der Waals surface area contributed by atoms with Crippen LogP contribution in [0.4, 0.5) is 0 Å². The summed E-state index contributed by atoms with van der Waals surface area (Å²) in [6.07, 6.45) is 0.738. The molecule has 1 unspecified atom stereocenters. The Morgan fingerprint density at radius 2 is 2.25 bits per heavy atom. The molecule has 1 amide bonds. The largest absolute Gasteiger partial charge is 0.352 e. The van der Waals surface area contributed by atoms with Crippen LogP contribution in [0.25, 0.3) is 0 Å². The van der Waals surface area contributed by atoms with Gasteiger partial charge in [-0.2, -0.15) is 0 Å². The smallest absolute Gasteiger partial charge is 0.223 e. The summed E-state index contributed by atoms with van der Waals surface area (Å²) in [6, 6.07) is 0. The molecule has 0 radical (unpaired) electrons. The number of hydrogen-bond acceptors (Lipinski definition) is 2. The van der Waals surface area contributed by atoms with E-state index in [-0.39, 0.29) is 11.8 Å². The molecule has 0 heterocycles. The van der Waals surface area contributed by atoms with E-state index in [9.17, 15) is 4.79 Å². The molecule has 0 saturated carbocycles. The number of amides is 1. The van der Waals surface area contributed by atoms with Crippen molar-refractivity contribution in [2.24, 2.45) is 11.7 Å². The zero-order chi connectivity index (χ0) is 9.56. The first kappa shape index (κ1) is 11.2. The lowest BCUT2D eigenvalue weighted by Crippen LogP contribution is -2.31. The number of rotatable bonds is 5. The Morgan fingerprint density at radius 1 is 1.67 bits per heavy atom. The summed E-state index contributed by atoms with van der Waals surface area (Å²) in [4.78, 5) is 11.2. The molecule has 0 spiro atoms. The van der Waals surface area contributed by atoms with Gasteiger partial charge in [-0.1, -0.05) is 19.1 Å². The maximum absolute atomic E-state index is 11.2. The van der Waals surface area contributed by atoms with E-state index in [1.165, 1.54) is 0 Å². The molecule has 70 valence electrons. The van der Waals surface area contributed by atoms with Crippen molar-refractivity contribution in [3.63, 3.8) is 0 Å². The van der Waals surface area contributed by atoms with Crippen LogP contribution in [0.15, 0.2) is 12.2 Å². The van der Waals surface area contributed by atoms with E-state index in [2.05, 4.69) is 11.9 Å². The van der Waals surface area contributed by atoms with Gasteiger partial charge in [-0.05, 0) is 19.9 Å². The predicted octanol–water partition coefficient (Wildman–Crippen LogP) is 0.664. The lowest BCUT2D eigenvalue weighted by molar-refractivity contribution is -0.124. The van der Waals surface area contributed by atoms with E-state index in [0.29, 0.717) is 13.1 Å². The number of carbonyl (C=O) groups excluding carboxylic acids is 1. The van der Waals surface area contributed by atoms with E-state index in [1.54, 1.807) is 0 Å². The molecule has 0 rings (SSSR count). The van der Waals surface area contributed by atoms with Crippen molar-refractivity contribution in [3.8, 4) is 0 Å². The second kappa shape index (κ2) is 5.77. The van der Waals surface area contributed by atoms with Crippen LogP contribution >= 0.6 is 0 Å². The molecular weight excluding hydrogens is 152 g/mol. The lowest BCUT2D eigenvalue weighted by atomic mass is 10.1. The third-order valence-corrected chi connectivity index (χ3v) is 1.61. The quantitative estimate of drug-likeness (QED) is 0.596. The first-order valence-corrected chi connectivity index (χ1v) is 4.20. The van der Waals surface area contributed by atoms with E-state index < -0.39 is 0 Å². The van der Waals surface area contributed by atoms with Crippen LogP contribution in [0.5, 0.6) is 0 Å². The molecule has 0 aliphatic heterocycles. The minimum Gasteiger partial charge on any atom is -0.352 e. The second-order valence-electron chi connectivity index (χ2n) is 3.15. The molecule has 0 aliphatic rings. The van der Waals surface area contributed by atoms with Gasteiger partial charge in [0.1, 0.15) is 0 Å². The Hall–Kier alpha value is -0.830. The number of nitrogens with two attached hydrogens (primary N) is 1. The number of nitrogens with one attached hydrogen (secondary N) is 1. The molecule has 3 heteroatoms. The normalized spacial score (nSPS) is 12.2. The minimum absolute atomic E-state index is 0.00866. The standard InChI is InChI=1S/C9H18N2O/c1-7(2)6-11-9(12)8(3)4-5-10/h8H,1,4-6,10H2,2-3H3,(H,11,12). The fourth-order valence-corrected chi connectivity index (χ4v) is 0.793. The summed E-state index contributed by atoms with van der Waals surface area (Å²) in [7, 11) is 0. The molecule has 0 bridgehead atoms. The van der Waals surface area contributed by atoms with Gasteiger partial charge in [0, 0.05) is 12.5 Å². The highest BCUT2D eigenvalue weighted by atomic mass is 16.1. The zero-order valence-electron chi connectivity index (χ0n) is 7.89. The average Bonchev–Trinajstić information content (AvgIpc) is 2.00. The predicted molar refractivity (Wildman–Crippen MR) is 50.7 cm³/mol. The third kappa shape index (κ3) is 4.91. The van der Waals surface area contributed by atoms with Gasteiger partial charge in [0.05, 0.1) is 0 Å². The summed E-state index contributed by atoms with van der Waals surface area (Å²) < 4.78 is 0.